The molecule has 1 heterocycles. The highest BCUT2D eigenvalue weighted by molar-refractivity contribution is 7.89. The predicted octanol–water partition coefficient (Wildman–Crippen LogP) is 4.03. The van der Waals surface area contributed by atoms with Crippen molar-refractivity contribution in [1.29, 1.82) is 0 Å². The number of rotatable bonds is 4. The molecular weight excluding hydrogens is 395 g/mol. The summed E-state index contributed by atoms with van der Waals surface area (Å²) in [7, 11) is -3.61. The predicted molar refractivity (Wildman–Crippen MR) is 103 cm³/mol. The van der Waals surface area contributed by atoms with Gasteiger partial charge in [0.15, 0.2) is 0 Å². The molecule has 0 aliphatic carbocycles. The van der Waals surface area contributed by atoms with Gasteiger partial charge >= 0.3 is 0 Å². The third-order valence-electron chi connectivity index (χ3n) is 4.35. The quantitative estimate of drug-likeness (QED) is 0.823. The van der Waals surface area contributed by atoms with Crippen molar-refractivity contribution in [3.05, 3.63) is 58.6 Å². The molecule has 0 aromatic heterocycles. The highest BCUT2D eigenvalue weighted by Crippen LogP contribution is 2.31. The van der Waals surface area contributed by atoms with E-state index in [1.54, 1.807) is 48.5 Å². The molecule has 5 nitrogen and oxygen atoms in total. The molecule has 26 heavy (non-hydrogen) atoms. The topological polar surface area (TPSA) is 66.5 Å². The number of amides is 1. The van der Waals surface area contributed by atoms with Gasteiger partial charge in [0.25, 0.3) is 0 Å². The number of halogens is 2. The number of hydrogen-bond acceptors (Lipinski definition) is 3. The van der Waals surface area contributed by atoms with Crippen LogP contribution in [0.3, 0.4) is 0 Å². The minimum Gasteiger partial charge on any atom is -0.324 e. The molecule has 0 radical (unpaired) electrons. The van der Waals surface area contributed by atoms with E-state index < -0.39 is 15.9 Å². The number of hydrogen-bond donors (Lipinski definition) is 1. The van der Waals surface area contributed by atoms with Gasteiger partial charge in [-0.15, -0.1) is 0 Å². The minimum absolute atomic E-state index is 0.140. The molecule has 1 saturated heterocycles. The van der Waals surface area contributed by atoms with Crippen molar-refractivity contribution in [2.75, 3.05) is 18.4 Å². The second-order valence-corrected chi connectivity index (χ2v) is 8.83. The first-order valence-corrected chi connectivity index (χ1v) is 10.4. The van der Waals surface area contributed by atoms with Crippen LogP contribution < -0.4 is 5.32 Å². The van der Waals surface area contributed by atoms with Crippen LogP contribution in [0.15, 0.2) is 53.4 Å². The molecule has 3 rings (SSSR count). The Morgan fingerprint density at radius 2 is 1.81 bits per heavy atom. The molecule has 1 fully saturated rings. The molecule has 0 bridgehead atoms. The molecule has 0 saturated carbocycles. The molecule has 138 valence electrons. The first-order chi connectivity index (χ1) is 12.4. The maximum Gasteiger partial charge on any atom is 0.243 e. The van der Waals surface area contributed by atoms with E-state index in [2.05, 4.69) is 5.32 Å². The summed E-state index contributed by atoms with van der Waals surface area (Å²) in [5.41, 5.74) is 0.423. The number of carbonyl (C=O) groups is 1. The molecule has 1 atom stereocenters. The van der Waals surface area contributed by atoms with Crippen molar-refractivity contribution >= 4 is 44.8 Å². The maximum atomic E-state index is 12.8. The molecule has 1 N–H and O–H groups in total. The lowest BCUT2D eigenvalue weighted by molar-refractivity contribution is -0.120. The van der Waals surface area contributed by atoms with Gasteiger partial charge in [-0.3, -0.25) is 4.79 Å². The Morgan fingerprint density at radius 1 is 1.08 bits per heavy atom. The maximum absolute atomic E-state index is 12.8. The van der Waals surface area contributed by atoms with E-state index in [9.17, 15) is 13.2 Å². The third kappa shape index (κ3) is 4.04. The summed E-state index contributed by atoms with van der Waals surface area (Å²) in [5, 5.41) is 3.37. The second-order valence-electron chi connectivity index (χ2n) is 6.11. The number of carbonyl (C=O) groups excluding carboxylic acids is 1. The van der Waals surface area contributed by atoms with E-state index in [-0.39, 0.29) is 22.4 Å². The number of nitrogens with one attached hydrogen (secondary N) is 1. The summed E-state index contributed by atoms with van der Waals surface area (Å²) in [4.78, 5) is 12.8. The van der Waals surface area contributed by atoms with Gasteiger partial charge in [0.05, 0.1) is 26.5 Å². The van der Waals surface area contributed by atoms with Crippen LogP contribution in [0.1, 0.15) is 12.8 Å². The van der Waals surface area contributed by atoms with E-state index in [0.717, 1.165) is 0 Å². The molecule has 2 aromatic carbocycles. The average molecular weight is 413 g/mol. The van der Waals surface area contributed by atoms with Gasteiger partial charge in [0.1, 0.15) is 0 Å². The fraction of sp³-hybridized carbons (Fsp3) is 0.278. The lowest BCUT2D eigenvalue weighted by Crippen LogP contribution is -2.43. The van der Waals surface area contributed by atoms with Gasteiger partial charge in [-0.1, -0.05) is 47.5 Å². The highest BCUT2D eigenvalue weighted by Gasteiger charge is 2.33. The Morgan fingerprint density at radius 3 is 2.54 bits per heavy atom. The monoisotopic (exact) mass is 412 g/mol. The third-order valence-corrected chi connectivity index (χ3v) is 7.04. The van der Waals surface area contributed by atoms with Gasteiger partial charge in [-0.2, -0.15) is 4.31 Å². The van der Waals surface area contributed by atoms with Crippen molar-refractivity contribution in [3.63, 3.8) is 0 Å². The molecule has 1 aliphatic heterocycles. The zero-order valence-corrected chi connectivity index (χ0v) is 16.2. The molecular formula is C18H18Cl2N2O3S. The van der Waals surface area contributed by atoms with Crippen molar-refractivity contribution < 1.29 is 13.2 Å². The van der Waals surface area contributed by atoms with Crippen LogP contribution >= 0.6 is 23.2 Å². The standard InChI is InChI=1S/C18H18Cl2N2O3S/c19-15-9-4-10-16(17(15)20)21-18(23)13-6-5-11-22(12-13)26(24,25)14-7-2-1-3-8-14/h1-4,7-10,13H,5-6,11-12H2,(H,21,23). The van der Waals surface area contributed by atoms with Gasteiger partial charge in [-0.05, 0) is 37.1 Å². The zero-order chi connectivity index (χ0) is 18.7. The van der Waals surface area contributed by atoms with E-state index >= 15 is 0 Å². The summed E-state index contributed by atoms with van der Waals surface area (Å²) >= 11 is 12.1. The molecule has 1 amide bonds. The van der Waals surface area contributed by atoms with Crippen molar-refractivity contribution in [2.24, 2.45) is 5.92 Å². The van der Waals surface area contributed by atoms with Crippen molar-refractivity contribution in [3.8, 4) is 0 Å². The Balaban J connectivity index is 1.74. The molecule has 1 aliphatic rings. The van der Waals surface area contributed by atoms with Crippen LogP contribution in [-0.2, 0) is 14.8 Å². The van der Waals surface area contributed by atoms with E-state index in [0.29, 0.717) is 30.1 Å². The van der Waals surface area contributed by atoms with E-state index in [4.69, 9.17) is 23.2 Å². The summed E-state index contributed by atoms with van der Waals surface area (Å²) in [5.74, 6) is -0.709. The minimum atomic E-state index is -3.61. The van der Waals surface area contributed by atoms with Gasteiger partial charge in [-0.25, -0.2) is 8.42 Å². The zero-order valence-electron chi connectivity index (χ0n) is 13.9. The fourth-order valence-corrected chi connectivity index (χ4v) is 4.84. The number of anilines is 1. The summed E-state index contributed by atoms with van der Waals surface area (Å²) in [6.45, 7) is 0.542. The molecule has 8 heteroatoms. The number of nitrogens with zero attached hydrogens (tertiary/aromatic N) is 1. The van der Waals surface area contributed by atoms with Gasteiger partial charge in [0, 0.05) is 13.1 Å². The van der Waals surface area contributed by atoms with Gasteiger partial charge in [0.2, 0.25) is 15.9 Å². The van der Waals surface area contributed by atoms with Crippen LogP contribution in [0.4, 0.5) is 5.69 Å². The van der Waals surface area contributed by atoms with E-state index in [1.165, 1.54) is 4.31 Å². The van der Waals surface area contributed by atoms with Crippen molar-refractivity contribution in [1.82, 2.24) is 4.31 Å². The van der Waals surface area contributed by atoms with E-state index in [1.807, 2.05) is 0 Å². The average Bonchev–Trinajstić information content (AvgIpc) is 2.66. The van der Waals surface area contributed by atoms with Crippen LogP contribution in [0, 0.1) is 5.92 Å². The number of piperidine rings is 1. The highest BCUT2D eigenvalue weighted by atomic mass is 35.5. The normalized spacial score (nSPS) is 18.5. The Bertz CT molecular complexity index is 904. The second kappa shape index (κ2) is 7.96. The van der Waals surface area contributed by atoms with Crippen LogP contribution in [-0.4, -0.2) is 31.7 Å². The summed E-state index contributed by atoms with van der Waals surface area (Å²) in [6, 6.07) is 13.2. The summed E-state index contributed by atoms with van der Waals surface area (Å²) in [6.07, 6.45) is 1.23. The van der Waals surface area contributed by atoms with Crippen LogP contribution in [0.25, 0.3) is 0 Å². The molecule has 0 spiro atoms. The lowest BCUT2D eigenvalue weighted by atomic mass is 9.99. The SMILES string of the molecule is O=C(Nc1cccc(Cl)c1Cl)C1CCCN(S(=O)(=O)c2ccccc2)C1. The largest absolute Gasteiger partial charge is 0.324 e. The fourth-order valence-electron chi connectivity index (χ4n) is 2.95. The van der Waals surface area contributed by atoms with Crippen LogP contribution in [0.2, 0.25) is 10.0 Å². The number of benzene rings is 2. The van der Waals surface area contributed by atoms with Crippen molar-refractivity contribution in [2.45, 2.75) is 17.7 Å². The van der Waals surface area contributed by atoms with Gasteiger partial charge < -0.3 is 5.32 Å². The molecule has 2 aromatic rings. The smallest absolute Gasteiger partial charge is 0.243 e. The Labute approximate surface area is 163 Å². The molecule has 1 unspecified atom stereocenters. The summed E-state index contributed by atoms with van der Waals surface area (Å²) < 4.78 is 26.9. The Kier molecular flexibility index (Phi) is 5.87. The lowest BCUT2D eigenvalue weighted by Gasteiger charge is -2.31. The Hall–Kier alpha value is -1.60. The first kappa shape index (κ1) is 19.2. The van der Waals surface area contributed by atoms with Crippen LogP contribution in [0.5, 0.6) is 0 Å². The number of sulfonamides is 1. The first-order valence-electron chi connectivity index (χ1n) is 8.19.